The van der Waals surface area contributed by atoms with Gasteiger partial charge in [0.1, 0.15) is 4.99 Å². The molecule has 1 atom stereocenters. The van der Waals surface area contributed by atoms with Gasteiger partial charge in [-0.2, -0.15) is 0 Å². The number of halogens is 2. The maximum Gasteiger partial charge on any atom is 0.223 e. The van der Waals surface area contributed by atoms with Gasteiger partial charge in [0.05, 0.1) is 0 Å². The molecule has 0 saturated carbocycles. The number of hydrogen-bond donors (Lipinski definition) is 0. The van der Waals surface area contributed by atoms with Crippen molar-refractivity contribution in [1.29, 1.82) is 0 Å². The van der Waals surface area contributed by atoms with Gasteiger partial charge in [-0.05, 0) is 13.8 Å². The molecule has 0 aliphatic rings. The molecule has 0 rings (SSSR count). The maximum absolute atomic E-state index is 12.3. The van der Waals surface area contributed by atoms with Crippen molar-refractivity contribution >= 4 is 28.8 Å². The summed E-state index contributed by atoms with van der Waals surface area (Å²) in [5, 5.41) is 0. The number of alkyl halides is 2. The van der Waals surface area contributed by atoms with Crippen LogP contribution in [0.4, 0.5) is 4.39 Å². The Kier molecular flexibility index (Phi) is 4.91. The molecule has 60 valence electrons. The van der Waals surface area contributed by atoms with E-state index in [0.29, 0.717) is 13.1 Å². The normalized spacial score (nSPS) is 12.8. The Labute approximate surface area is 71.2 Å². The van der Waals surface area contributed by atoms with Crippen molar-refractivity contribution in [2.24, 2.45) is 0 Å². The van der Waals surface area contributed by atoms with Gasteiger partial charge in [0.2, 0.25) is 5.63 Å². The van der Waals surface area contributed by atoms with E-state index in [9.17, 15) is 4.39 Å². The third-order valence-corrected chi connectivity index (χ3v) is 2.06. The van der Waals surface area contributed by atoms with Crippen LogP contribution in [0.3, 0.4) is 0 Å². The molecule has 0 amide bonds. The van der Waals surface area contributed by atoms with Gasteiger partial charge in [-0.1, -0.05) is 23.8 Å². The van der Waals surface area contributed by atoms with Gasteiger partial charge in [-0.3, -0.25) is 0 Å². The molecule has 0 bridgehead atoms. The van der Waals surface area contributed by atoms with Gasteiger partial charge in [0, 0.05) is 13.1 Å². The Hall–Kier alpha value is 0.110. The Morgan fingerprint density at radius 1 is 1.60 bits per heavy atom. The van der Waals surface area contributed by atoms with Crippen LogP contribution in [-0.4, -0.2) is 28.6 Å². The fourth-order valence-electron chi connectivity index (χ4n) is 0.673. The summed E-state index contributed by atoms with van der Waals surface area (Å²) in [6, 6.07) is 0. The summed E-state index contributed by atoms with van der Waals surface area (Å²) in [7, 11) is 0. The smallest absolute Gasteiger partial charge is 0.223 e. The molecular weight excluding hydrogens is 173 g/mol. The van der Waals surface area contributed by atoms with Gasteiger partial charge in [0.15, 0.2) is 0 Å². The molecule has 1 unspecified atom stereocenters. The molecule has 0 spiro atoms. The van der Waals surface area contributed by atoms with Gasteiger partial charge >= 0.3 is 0 Å². The summed E-state index contributed by atoms with van der Waals surface area (Å²) in [4.78, 5) is 1.90. The molecule has 0 saturated heterocycles. The predicted molar refractivity (Wildman–Crippen MR) is 46.3 cm³/mol. The SMILES string of the molecule is CCN(CC)C(=S)C(F)Cl. The molecule has 0 aromatic heterocycles. The standard InChI is InChI=1S/C6H11ClFNS/c1-3-9(4-2)6(10)5(7)8/h5H,3-4H2,1-2H3. The molecule has 10 heavy (non-hydrogen) atoms. The fourth-order valence-corrected chi connectivity index (χ4v) is 1.07. The first kappa shape index (κ1) is 10.1. The zero-order chi connectivity index (χ0) is 8.15. The third-order valence-electron chi connectivity index (χ3n) is 1.26. The van der Waals surface area contributed by atoms with Crippen molar-refractivity contribution < 1.29 is 4.39 Å². The van der Waals surface area contributed by atoms with Crippen LogP contribution in [-0.2, 0) is 0 Å². The van der Waals surface area contributed by atoms with E-state index in [1.165, 1.54) is 0 Å². The van der Waals surface area contributed by atoms with Crippen molar-refractivity contribution in [2.75, 3.05) is 13.1 Å². The molecular formula is C6H11ClFNS. The summed E-state index contributed by atoms with van der Waals surface area (Å²) in [6.07, 6.45) is 0. The Balaban J connectivity index is 3.89. The molecule has 0 aliphatic heterocycles. The Bertz CT molecular complexity index is 114. The highest BCUT2D eigenvalue weighted by atomic mass is 35.5. The summed E-state index contributed by atoms with van der Waals surface area (Å²) in [5.74, 6) is 0. The minimum Gasteiger partial charge on any atom is -0.363 e. The predicted octanol–water partition coefficient (Wildman–Crippen LogP) is 2.19. The zero-order valence-electron chi connectivity index (χ0n) is 6.10. The summed E-state index contributed by atoms with van der Waals surface area (Å²) < 4.78 is 12.3. The zero-order valence-corrected chi connectivity index (χ0v) is 7.68. The van der Waals surface area contributed by atoms with Gasteiger partial charge in [-0.25, -0.2) is 4.39 Å². The van der Waals surface area contributed by atoms with Crippen LogP contribution in [0.5, 0.6) is 0 Å². The molecule has 0 aromatic carbocycles. The third kappa shape index (κ3) is 2.80. The first-order valence-corrected chi connectivity index (χ1v) is 4.04. The second-order valence-corrected chi connectivity index (χ2v) is 2.61. The van der Waals surface area contributed by atoms with Crippen molar-refractivity contribution in [1.82, 2.24) is 4.90 Å². The molecule has 0 heterocycles. The van der Waals surface area contributed by atoms with Crippen LogP contribution in [0, 0.1) is 0 Å². The van der Waals surface area contributed by atoms with Crippen LogP contribution in [0.15, 0.2) is 0 Å². The minimum absolute atomic E-state index is 0.187. The second kappa shape index (κ2) is 4.85. The molecule has 1 nitrogen and oxygen atoms in total. The average Bonchev–Trinajstić information content (AvgIpc) is 1.90. The van der Waals surface area contributed by atoms with E-state index in [4.69, 9.17) is 23.8 Å². The fraction of sp³-hybridized carbons (Fsp3) is 0.833. The highest BCUT2D eigenvalue weighted by Gasteiger charge is 2.13. The molecule has 4 heteroatoms. The lowest BCUT2D eigenvalue weighted by Gasteiger charge is -2.21. The van der Waals surface area contributed by atoms with Gasteiger partial charge < -0.3 is 4.90 Å². The summed E-state index contributed by atoms with van der Waals surface area (Å²) >= 11 is 9.85. The number of thiocarbonyl (C=S) groups is 1. The first-order chi connectivity index (χ1) is 4.63. The van der Waals surface area contributed by atoms with E-state index in [-0.39, 0.29) is 4.99 Å². The topological polar surface area (TPSA) is 3.24 Å². The van der Waals surface area contributed by atoms with Crippen LogP contribution in [0.1, 0.15) is 13.8 Å². The second-order valence-electron chi connectivity index (χ2n) is 1.81. The lowest BCUT2D eigenvalue weighted by Crippen LogP contribution is -2.33. The Morgan fingerprint density at radius 3 is 2.10 bits per heavy atom. The molecule has 0 fully saturated rings. The lowest BCUT2D eigenvalue weighted by atomic mass is 10.5. The molecule has 0 aliphatic carbocycles. The first-order valence-electron chi connectivity index (χ1n) is 3.20. The average molecular weight is 184 g/mol. The van der Waals surface area contributed by atoms with Crippen molar-refractivity contribution in [2.45, 2.75) is 19.5 Å². The van der Waals surface area contributed by atoms with Crippen LogP contribution < -0.4 is 0 Å². The van der Waals surface area contributed by atoms with E-state index in [0.717, 1.165) is 0 Å². The summed E-state index contributed by atoms with van der Waals surface area (Å²) in [5.41, 5.74) is -1.52. The summed E-state index contributed by atoms with van der Waals surface area (Å²) in [6.45, 7) is 5.25. The number of rotatable bonds is 3. The molecule has 0 N–H and O–H groups in total. The van der Waals surface area contributed by atoms with E-state index in [1.807, 2.05) is 13.8 Å². The molecule has 0 radical (unpaired) electrons. The Morgan fingerprint density at radius 2 is 2.00 bits per heavy atom. The van der Waals surface area contributed by atoms with Crippen molar-refractivity contribution in [3.8, 4) is 0 Å². The van der Waals surface area contributed by atoms with Gasteiger partial charge in [0.25, 0.3) is 0 Å². The van der Waals surface area contributed by atoms with Crippen molar-refractivity contribution in [3.05, 3.63) is 0 Å². The minimum atomic E-state index is -1.52. The van der Waals surface area contributed by atoms with Crippen molar-refractivity contribution in [3.63, 3.8) is 0 Å². The maximum atomic E-state index is 12.3. The van der Waals surface area contributed by atoms with E-state index < -0.39 is 5.63 Å². The van der Waals surface area contributed by atoms with E-state index >= 15 is 0 Å². The van der Waals surface area contributed by atoms with Crippen LogP contribution >= 0.6 is 23.8 Å². The van der Waals surface area contributed by atoms with Gasteiger partial charge in [-0.15, -0.1) is 0 Å². The van der Waals surface area contributed by atoms with Crippen LogP contribution in [0.2, 0.25) is 0 Å². The highest BCUT2D eigenvalue weighted by molar-refractivity contribution is 7.80. The molecule has 0 aromatic rings. The largest absolute Gasteiger partial charge is 0.363 e. The van der Waals surface area contributed by atoms with E-state index in [1.54, 1.807) is 4.90 Å². The monoisotopic (exact) mass is 183 g/mol. The number of nitrogens with zero attached hydrogens (tertiary/aromatic N) is 1. The quantitative estimate of drug-likeness (QED) is 0.488. The van der Waals surface area contributed by atoms with Crippen LogP contribution in [0.25, 0.3) is 0 Å². The van der Waals surface area contributed by atoms with E-state index in [2.05, 4.69) is 0 Å². The highest BCUT2D eigenvalue weighted by Crippen LogP contribution is 2.05. The number of hydrogen-bond acceptors (Lipinski definition) is 1. The lowest BCUT2D eigenvalue weighted by molar-refractivity contribution is 0.425.